The second-order valence-electron chi connectivity index (χ2n) is 3.79. The average molecular weight is 263 g/mol. The maximum absolute atomic E-state index is 12.4. The van der Waals surface area contributed by atoms with Crippen molar-refractivity contribution in [1.82, 2.24) is 4.90 Å². The highest BCUT2D eigenvalue weighted by Crippen LogP contribution is 2.33. The largest absolute Gasteiger partial charge is 0.479 e. The van der Waals surface area contributed by atoms with Gasteiger partial charge in [0.1, 0.15) is 5.76 Å². The van der Waals surface area contributed by atoms with Crippen LogP contribution in [0.4, 0.5) is 13.2 Å². The van der Waals surface area contributed by atoms with Crippen molar-refractivity contribution >= 4 is 11.9 Å². The van der Waals surface area contributed by atoms with Gasteiger partial charge < -0.3 is 14.4 Å². The van der Waals surface area contributed by atoms with Gasteiger partial charge in [0.15, 0.2) is 6.04 Å². The number of amides is 1. The second kappa shape index (κ2) is 4.04. The van der Waals surface area contributed by atoms with E-state index < -0.39 is 24.1 Å². The van der Waals surface area contributed by atoms with E-state index >= 15 is 0 Å². The van der Waals surface area contributed by atoms with Crippen LogP contribution in [0.3, 0.4) is 0 Å². The fourth-order valence-corrected chi connectivity index (χ4v) is 1.96. The minimum Gasteiger partial charge on any atom is -0.479 e. The summed E-state index contributed by atoms with van der Waals surface area (Å²) in [4.78, 5) is 22.5. The van der Waals surface area contributed by atoms with Gasteiger partial charge in [0.05, 0.1) is 6.26 Å². The smallest absolute Gasteiger partial charge is 0.471 e. The van der Waals surface area contributed by atoms with Crippen LogP contribution in [-0.2, 0) is 16.0 Å². The molecule has 2 heterocycles. The molecular weight excluding hydrogens is 255 g/mol. The van der Waals surface area contributed by atoms with Crippen molar-refractivity contribution in [2.24, 2.45) is 0 Å². The first-order valence-electron chi connectivity index (χ1n) is 4.99. The van der Waals surface area contributed by atoms with Gasteiger partial charge in [-0.2, -0.15) is 13.2 Å². The van der Waals surface area contributed by atoms with Gasteiger partial charge >= 0.3 is 18.1 Å². The van der Waals surface area contributed by atoms with Crippen molar-refractivity contribution < 1.29 is 32.3 Å². The quantitative estimate of drug-likeness (QED) is 0.830. The van der Waals surface area contributed by atoms with E-state index in [1.54, 1.807) is 0 Å². The Morgan fingerprint density at radius 1 is 1.44 bits per heavy atom. The summed E-state index contributed by atoms with van der Waals surface area (Å²) in [6.45, 7) is -0.337. The summed E-state index contributed by atoms with van der Waals surface area (Å²) in [7, 11) is 0. The third kappa shape index (κ3) is 1.93. The Kier molecular flexibility index (Phi) is 2.80. The summed E-state index contributed by atoms with van der Waals surface area (Å²) >= 11 is 0. The van der Waals surface area contributed by atoms with Crippen molar-refractivity contribution in [1.29, 1.82) is 0 Å². The lowest BCUT2D eigenvalue weighted by Gasteiger charge is -2.32. The Morgan fingerprint density at radius 2 is 2.11 bits per heavy atom. The third-order valence-electron chi connectivity index (χ3n) is 2.70. The SMILES string of the molecule is O=C(O)C1c2ccoc2CCN1C(=O)C(F)(F)F. The molecule has 1 aliphatic rings. The molecule has 2 rings (SSSR count). The summed E-state index contributed by atoms with van der Waals surface area (Å²) in [5.41, 5.74) is 0.0892. The first kappa shape index (κ1) is 12.5. The van der Waals surface area contributed by atoms with Gasteiger partial charge in [-0.1, -0.05) is 0 Å². The van der Waals surface area contributed by atoms with Crippen molar-refractivity contribution in [3.63, 3.8) is 0 Å². The van der Waals surface area contributed by atoms with E-state index in [2.05, 4.69) is 0 Å². The summed E-state index contributed by atoms with van der Waals surface area (Å²) in [6.07, 6.45) is -3.83. The summed E-state index contributed by atoms with van der Waals surface area (Å²) in [5.74, 6) is -3.37. The van der Waals surface area contributed by atoms with E-state index in [4.69, 9.17) is 9.52 Å². The van der Waals surface area contributed by atoms with Crippen LogP contribution in [0.5, 0.6) is 0 Å². The molecule has 0 aromatic carbocycles. The minimum atomic E-state index is -5.09. The number of rotatable bonds is 1. The molecular formula is C10H8F3NO4. The predicted octanol–water partition coefficient (Wildman–Crippen LogP) is 1.35. The Balaban J connectivity index is 2.39. The molecule has 1 aromatic heterocycles. The monoisotopic (exact) mass is 263 g/mol. The van der Waals surface area contributed by atoms with E-state index in [1.807, 2.05) is 0 Å². The zero-order valence-electron chi connectivity index (χ0n) is 8.90. The van der Waals surface area contributed by atoms with Crippen LogP contribution in [0, 0.1) is 0 Å². The Labute approximate surface area is 98.8 Å². The number of hydrogen-bond donors (Lipinski definition) is 1. The van der Waals surface area contributed by atoms with Crippen LogP contribution >= 0.6 is 0 Å². The highest BCUT2D eigenvalue weighted by molar-refractivity contribution is 5.88. The molecule has 1 aromatic rings. The van der Waals surface area contributed by atoms with Crippen LogP contribution in [0.15, 0.2) is 16.7 Å². The lowest BCUT2D eigenvalue weighted by Crippen LogP contribution is -2.48. The fraction of sp³-hybridized carbons (Fsp3) is 0.400. The van der Waals surface area contributed by atoms with Crippen LogP contribution in [0.2, 0.25) is 0 Å². The molecule has 0 saturated heterocycles. The zero-order chi connectivity index (χ0) is 13.5. The van der Waals surface area contributed by atoms with Crippen molar-refractivity contribution in [2.45, 2.75) is 18.6 Å². The van der Waals surface area contributed by atoms with Crippen molar-refractivity contribution in [3.05, 3.63) is 23.7 Å². The maximum Gasteiger partial charge on any atom is 0.471 e. The molecule has 18 heavy (non-hydrogen) atoms. The van der Waals surface area contributed by atoms with E-state index in [0.29, 0.717) is 10.7 Å². The molecule has 1 unspecified atom stereocenters. The van der Waals surface area contributed by atoms with E-state index in [1.165, 1.54) is 12.3 Å². The van der Waals surface area contributed by atoms with Crippen LogP contribution in [-0.4, -0.2) is 34.6 Å². The van der Waals surface area contributed by atoms with Gasteiger partial charge in [-0.05, 0) is 6.07 Å². The zero-order valence-corrected chi connectivity index (χ0v) is 8.90. The van der Waals surface area contributed by atoms with Crippen LogP contribution in [0.25, 0.3) is 0 Å². The third-order valence-corrected chi connectivity index (χ3v) is 2.70. The van der Waals surface area contributed by atoms with Crippen molar-refractivity contribution in [3.8, 4) is 0 Å². The molecule has 0 spiro atoms. The summed E-state index contributed by atoms with van der Waals surface area (Å²) in [6, 6.07) is -0.383. The number of hydrogen-bond acceptors (Lipinski definition) is 3. The number of fused-ring (bicyclic) bond motifs is 1. The molecule has 0 radical (unpaired) electrons. The summed E-state index contributed by atoms with van der Waals surface area (Å²) in [5, 5.41) is 8.99. The molecule has 0 aliphatic carbocycles. The number of aliphatic carboxylic acids is 1. The van der Waals surface area contributed by atoms with Gasteiger partial charge in [0.25, 0.3) is 0 Å². The Hall–Kier alpha value is -1.99. The molecule has 1 atom stereocenters. The van der Waals surface area contributed by atoms with Gasteiger partial charge in [0.2, 0.25) is 0 Å². The van der Waals surface area contributed by atoms with Gasteiger partial charge in [-0.15, -0.1) is 0 Å². The van der Waals surface area contributed by atoms with Crippen LogP contribution < -0.4 is 0 Å². The highest BCUT2D eigenvalue weighted by Gasteiger charge is 2.48. The number of furan rings is 1. The molecule has 5 nitrogen and oxygen atoms in total. The Bertz CT molecular complexity index is 494. The molecule has 0 saturated carbocycles. The molecule has 1 amide bonds. The first-order valence-corrected chi connectivity index (χ1v) is 4.99. The van der Waals surface area contributed by atoms with Crippen molar-refractivity contribution in [2.75, 3.05) is 6.54 Å². The van der Waals surface area contributed by atoms with Crippen LogP contribution in [0.1, 0.15) is 17.4 Å². The lowest BCUT2D eigenvalue weighted by molar-refractivity contribution is -0.190. The fourth-order valence-electron chi connectivity index (χ4n) is 1.96. The molecule has 1 N–H and O–H groups in total. The number of carboxylic acids is 1. The van der Waals surface area contributed by atoms with Gasteiger partial charge in [-0.3, -0.25) is 4.79 Å². The van der Waals surface area contributed by atoms with E-state index in [0.717, 1.165) is 0 Å². The van der Waals surface area contributed by atoms with Gasteiger partial charge in [0, 0.05) is 18.5 Å². The highest BCUT2D eigenvalue weighted by atomic mass is 19.4. The minimum absolute atomic E-state index is 0.0634. The summed E-state index contributed by atoms with van der Waals surface area (Å²) < 4.78 is 42.1. The first-order chi connectivity index (χ1) is 8.32. The molecule has 1 aliphatic heterocycles. The topological polar surface area (TPSA) is 70.8 Å². The number of nitrogens with zero attached hydrogens (tertiary/aromatic N) is 1. The number of carbonyl (C=O) groups is 2. The average Bonchev–Trinajstić information content (AvgIpc) is 2.72. The molecule has 0 fully saturated rings. The second-order valence-corrected chi connectivity index (χ2v) is 3.79. The predicted molar refractivity (Wildman–Crippen MR) is 50.6 cm³/mol. The lowest BCUT2D eigenvalue weighted by atomic mass is 9.99. The number of carbonyl (C=O) groups excluding carboxylic acids is 1. The maximum atomic E-state index is 12.4. The van der Waals surface area contributed by atoms with Gasteiger partial charge in [-0.25, -0.2) is 4.79 Å². The number of alkyl halides is 3. The molecule has 8 heteroatoms. The Morgan fingerprint density at radius 3 is 2.67 bits per heavy atom. The standard InChI is InChI=1S/C10H8F3NO4/c11-10(12,13)9(17)14-3-1-6-5(2-4-18-6)7(14)8(15)16/h2,4,7H,1,3H2,(H,15,16). The number of carboxylic acid groups (broad SMARTS) is 1. The number of halogens is 3. The van der Waals surface area contributed by atoms with E-state index in [9.17, 15) is 22.8 Å². The van der Waals surface area contributed by atoms with E-state index in [-0.39, 0.29) is 18.5 Å². The normalized spacial score (nSPS) is 19.5. The molecule has 98 valence electrons. The molecule has 0 bridgehead atoms.